The molecular formula is C25H27N3O. The van der Waals surface area contributed by atoms with Crippen LogP contribution in [0.1, 0.15) is 29.9 Å². The van der Waals surface area contributed by atoms with Crippen molar-refractivity contribution in [1.29, 1.82) is 0 Å². The van der Waals surface area contributed by atoms with Crippen molar-refractivity contribution in [1.82, 2.24) is 9.88 Å². The van der Waals surface area contributed by atoms with Crippen LogP contribution >= 0.6 is 0 Å². The topological polar surface area (TPSA) is 51.4 Å². The van der Waals surface area contributed by atoms with Crippen LogP contribution < -0.4 is 10.5 Å². The third-order valence-electron chi connectivity index (χ3n) is 6.53. The minimum Gasteiger partial charge on any atom is -0.457 e. The molecule has 1 aromatic heterocycles. The number of aromatic nitrogens is 1. The fourth-order valence-corrected chi connectivity index (χ4v) is 5.16. The minimum absolute atomic E-state index is 0.428. The van der Waals surface area contributed by atoms with Crippen molar-refractivity contribution >= 4 is 5.69 Å². The Kier molecular flexibility index (Phi) is 4.94. The quantitative estimate of drug-likeness (QED) is 0.636. The van der Waals surface area contributed by atoms with Gasteiger partial charge in [-0.1, -0.05) is 24.3 Å². The van der Waals surface area contributed by atoms with Crippen LogP contribution in [0.3, 0.4) is 0 Å². The van der Waals surface area contributed by atoms with Crippen LogP contribution in [0.25, 0.3) is 0 Å². The first-order chi connectivity index (χ1) is 14.3. The molecule has 2 aromatic carbocycles. The molecule has 2 atom stereocenters. The Hall–Kier alpha value is -2.85. The summed E-state index contributed by atoms with van der Waals surface area (Å²) in [6.07, 6.45) is 7.35. The Labute approximate surface area is 172 Å². The first-order valence-corrected chi connectivity index (χ1v) is 10.5. The number of hydrogen-bond donors (Lipinski definition) is 1. The lowest BCUT2D eigenvalue weighted by Crippen LogP contribution is -2.54. The van der Waals surface area contributed by atoms with Crippen LogP contribution in [0.15, 0.2) is 73.1 Å². The van der Waals surface area contributed by atoms with Gasteiger partial charge in [-0.25, -0.2) is 0 Å². The van der Waals surface area contributed by atoms with Crippen LogP contribution in [0.5, 0.6) is 11.5 Å². The van der Waals surface area contributed by atoms with Crippen LogP contribution in [0.2, 0.25) is 0 Å². The number of pyridine rings is 1. The molecule has 3 aromatic rings. The van der Waals surface area contributed by atoms with E-state index < -0.39 is 0 Å². The van der Waals surface area contributed by atoms with E-state index in [0.717, 1.165) is 23.6 Å². The summed E-state index contributed by atoms with van der Waals surface area (Å²) >= 11 is 0. The number of nitrogen functional groups attached to an aromatic ring is 1. The summed E-state index contributed by atoms with van der Waals surface area (Å²) in [5.41, 5.74) is 9.92. The lowest BCUT2D eigenvalue weighted by atomic mass is 9.69. The zero-order valence-electron chi connectivity index (χ0n) is 16.6. The number of rotatable bonds is 5. The molecule has 3 aliphatic heterocycles. The van der Waals surface area contributed by atoms with Crippen LogP contribution in [-0.2, 0) is 6.42 Å². The highest BCUT2D eigenvalue weighted by Crippen LogP contribution is 2.47. The summed E-state index contributed by atoms with van der Waals surface area (Å²) in [7, 11) is 0. The second kappa shape index (κ2) is 7.88. The van der Waals surface area contributed by atoms with Crippen molar-refractivity contribution in [3.05, 3.63) is 84.2 Å². The molecule has 148 valence electrons. The Morgan fingerprint density at radius 1 is 0.966 bits per heavy atom. The smallest absolute Gasteiger partial charge is 0.127 e. The first-order valence-electron chi connectivity index (χ1n) is 10.5. The summed E-state index contributed by atoms with van der Waals surface area (Å²) in [6.45, 7) is 2.37. The number of nitrogens with two attached hydrogens (primary N) is 1. The van der Waals surface area contributed by atoms with E-state index in [1.54, 1.807) is 0 Å². The van der Waals surface area contributed by atoms with E-state index in [9.17, 15) is 0 Å². The number of nitrogens with zero attached hydrogens (tertiary/aromatic N) is 2. The molecule has 6 rings (SSSR count). The number of ether oxygens (including phenoxy) is 1. The van der Waals surface area contributed by atoms with Gasteiger partial charge in [0.25, 0.3) is 0 Å². The molecule has 3 fully saturated rings. The summed E-state index contributed by atoms with van der Waals surface area (Å²) < 4.78 is 6.12. The number of benzene rings is 2. The van der Waals surface area contributed by atoms with Gasteiger partial charge in [0.15, 0.2) is 0 Å². The third kappa shape index (κ3) is 3.73. The number of anilines is 1. The first kappa shape index (κ1) is 18.2. The SMILES string of the molecule is Nc1ccc(Oc2ccccc2)cc1C1C2CCN(CC2)C1Cc1cccnc1. The van der Waals surface area contributed by atoms with Gasteiger partial charge in [0.2, 0.25) is 0 Å². The zero-order chi connectivity index (χ0) is 19.6. The average molecular weight is 386 g/mol. The summed E-state index contributed by atoms with van der Waals surface area (Å²) in [5.74, 6) is 2.81. The summed E-state index contributed by atoms with van der Waals surface area (Å²) in [6, 6.07) is 20.8. The highest BCUT2D eigenvalue weighted by molar-refractivity contribution is 5.54. The lowest BCUT2D eigenvalue weighted by Gasteiger charge is -2.51. The Bertz CT molecular complexity index is 952. The van der Waals surface area contributed by atoms with Crippen molar-refractivity contribution in [3.8, 4) is 11.5 Å². The van der Waals surface area contributed by atoms with Gasteiger partial charge in [-0.05, 0) is 85.8 Å². The predicted molar refractivity (Wildman–Crippen MR) is 116 cm³/mol. The van der Waals surface area contributed by atoms with Crippen molar-refractivity contribution < 1.29 is 4.74 Å². The van der Waals surface area contributed by atoms with E-state index in [1.807, 2.05) is 60.9 Å². The van der Waals surface area contributed by atoms with Gasteiger partial charge in [0.1, 0.15) is 11.5 Å². The third-order valence-corrected chi connectivity index (χ3v) is 6.53. The molecule has 0 aliphatic carbocycles. The Balaban J connectivity index is 1.47. The molecule has 4 nitrogen and oxygen atoms in total. The van der Waals surface area contributed by atoms with E-state index in [2.05, 4.69) is 22.0 Å². The standard InChI is InChI=1S/C25H27N3O/c26-23-9-8-21(29-20-6-2-1-3-7-20)16-22(23)25-19-10-13-28(14-11-19)24(25)15-18-5-4-12-27-17-18/h1-9,12,16-17,19,24-25H,10-11,13-15,26H2. The van der Waals surface area contributed by atoms with E-state index in [1.165, 1.54) is 37.1 Å². The average Bonchev–Trinajstić information content (AvgIpc) is 2.78. The highest BCUT2D eigenvalue weighted by atomic mass is 16.5. The molecule has 0 amide bonds. The Morgan fingerprint density at radius 2 is 1.79 bits per heavy atom. The van der Waals surface area contributed by atoms with E-state index in [-0.39, 0.29) is 0 Å². The van der Waals surface area contributed by atoms with Gasteiger partial charge in [-0.15, -0.1) is 0 Å². The lowest BCUT2D eigenvalue weighted by molar-refractivity contribution is 0.0258. The second-order valence-electron chi connectivity index (χ2n) is 8.24. The molecule has 0 spiro atoms. The van der Waals surface area contributed by atoms with Gasteiger partial charge >= 0.3 is 0 Å². The van der Waals surface area contributed by atoms with Crippen LogP contribution in [0, 0.1) is 5.92 Å². The van der Waals surface area contributed by atoms with E-state index in [0.29, 0.717) is 17.9 Å². The van der Waals surface area contributed by atoms with Crippen molar-refractivity contribution in [2.24, 2.45) is 5.92 Å². The van der Waals surface area contributed by atoms with Gasteiger partial charge in [0.05, 0.1) is 0 Å². The molecular weight excluding hydrogens is 358 g/mol. The van der Waals surface area contributed by atoms with Gasteiger partial charge in [-0.2, -0.15) is 0 Å². The molecule has 2 bridgehead atoms. The second-order valence-corrected chi connectivity index (χ2v) is 8.24. The fraction of sp³-hybridized carbons (Fsp3) is 0.320. The van der Waals surface area contributed by atoms with Crippen LogP contribution in [0.4, 0.5) is 5.69 Å². The number of piperidine rings is 3. The molecule has 4 heterocycles. The van der Waals surface area contributed by atoms with Crippen molar-refractivity contribution in [2.45, 2.75) is 31.2 Å². The normalized spacial score (nSPS) is 25.7. The monoisotopic (exact) mass is 385 g/mol. The highest BCUT2D eigenvalue weighted by Gasteiger charge is 2.43. The predicted octanol–water partition coefficient (Wildman–Crippen LogP) is 4.88. The Morgan fingerprint density at radius 3 is 2.55 bits per heavy atom. The van der Waals surface area contributed by atoms with Crippen molar-refractivity contribution in [2.75, 3.05) is 18.8 Å². The fourth-order valence-electron chi connectivity index (χ4n) is 5.16. The molecule has 4 heteroatoms. The molecule has 2 unspecified atom stereocenters. The van der Waals surface area contributed by atoms with Crippen molar-refractivity contribution in [3.63, 3.8) is 0 Å². The number of hydrogen-bond acceptors (Lipinski definition) is 4. The molecule has 3 saturated heterocycles. The minimum atomic E-state index is 0.428. The van der Waals surface area contributed by atoms with Gasteiger partial charge in [-0.3, -0.25) is 9.88 Å². The molecule has 0 saturated carbocycles. The van der Waals surface area contributed by atoms with Crippen LogP contribution in [-0.4, -0.2) is 29.0 Å². The van der Waals surface area contributed by atoms with E-state index >= 15 is 0 Å². The van der Waals surface area contributed by atoms with Gasteiger partial charge in [0, 0.05) is 30.0 Å². The van der Waals surface area contributed by atoms with E-state index in [4.69, 9.17) is 10.5 Å². The molecule has 2 N–H and O–H groups in total. The number of fused-ring (bicyclic) bond motifs is 3. The maximum absolute atomic E-state index is 6.51. The maximum atomic E-state index is 6.51. The summed E-state index contributed by atoms with van der Waals surface area (Å²) in [5, 5.41) is 0. The summed E-state index contributed by atoms with van der Waals surface area (Å²) in [4.78, 5) is 6.98. The van der Waals surface area contributed by atoms with Gasteiger partial charge < -0.3 is 10.5 Å². The molecule has 3 aliphatic rings. The maximum Gasteiger partial charge on any atom is 0.127 e. The zero-order valence-corrected chi connectivity index (χ0v) is 16.6. The number of para-hydroxylation sites is 1. The molecule has 29 heavy (non-hydrogen) atoms. The molecule has 0 radical (unpaired) electrons. The largest absolute Gasteiger partial charge is 0.457 e.